The van der Waals surface area contributed by atoms with E-state index in [2.05, 4.69) is 4.72 Å². The van der Waals surface area contributed by atoms with Crippen LogP contribution in [0.3, 0.4) is 0 Å². The van der Waals surface area contributed by atoms with Gasteiger partial charge >= 0.3 is 0 Å². The Bertz CT molecular complexity index is 543. The van der Waals surface area contributed by atoms with Gasteiger partial charge in [-0.3, -0.25) is 4.79 Å². The molecule has 20 heavy (non-hydrogen) atoms. The highest BCUT2D eigenvalue weighted by Gasteiger charge is 2.19. The fraction of sp³-hybridized carbons (Fsp3) is 0.462. The molecule has 0 radical (unpaired) electrons. The van der Waals surface area contributed by atoms with Gasteiger partial charge in [0.25, 0.3) is 0 Å². The van der Waals surface area contributed by atoms with Gasteiger partial charge in [-0.15, -0.1) is 0 Å². The number of carbonyl (C=O) groups excluding carboxylic acids is 1. The molecule has 1 atom stereocenters. The highest BCUT2D eigenvalue weighted by molar-refractivity contribution is 7.89. The van der Waals surface area contributed by atoms with Crippen molar-refractivity contribution < 1.29 is 17.6 Å². The van der Waals surface area contributed by atoms with Crippen LogP contribution < -0.4 is 10.5 Å². The smallest absolute Gasteiger partial charge is 0.222 e. The number of nitrogens with one attached hydrogen (secondary N) is 1. The predicted molar refractivity (Wildman–Crippen MR) is 74.9 cm³/mol. The van der Waals surface area contributed by atoms with E-state index < -0.39 is 21.8 Å². The number of amides is 1. The molecule has 1 rings (SSSR count). The summed E-state index contributed by atoms with van der Waals surface area (Å²) in [5.74, 6) is -1.61. The lowest BCUT2D eigenvalue weighted by atomic mass is 9.99. The third kappa shape index (κ3) is 5.66. The standard InChI is InChI=1S/C13H19FN2O3S/c1-2-7-20(18,19)16-9-11(13(15)17)8-10-3-5-12(14)6-4-10/h3-6,11,16H,2,7-9H2,1H3,(H2,15,17). The first kappa shape index (κ1) is 16.6. The first-order valence-electron chi connectivity index (χ1n) is 6.35. The average molecular weight is 302 g/mol. The van der Waals surface area contributed by atoms with Crippen molar-refractivity contribution in [3.05, 3.63) is 35.6 Å². The molecule has 0 aliphatic heterocycles. The van der Waals surface area contributed by atoms with Crippen LogP contribution in [0.25, 0.3) is 0 Å². The zero-order valence-electron chi connectivity index (χ0n) is 11.3. The predicted octanol–water partition coefficient (Wildman–Crippen LogP) is 0.799. The molecule has 0 aliphatic rings. The quantitative estimate of drug-likeness (QED) is 0.744. The molecule has 0 heterocycles. The zero-order chi connectivity index (χ0) is 15.2. The number of benzene rings is 1. The summed E-state index contributed by atoms with van der Waals surface area (Å²) in [7, 11) is -3.38. The van der Waals surface area contributed by atoms with E-state index in [-0.39, 0.29) is 24.5 Å². The molecular formula is C13H19FN2O3S. The SMILES string of the molecule is CCCS(=O)(=O)NCC(Cc1ccc(F)cc1)C(N)=O. The normalized spacial score (nSPS) is 13.1. The Morgan fingerprint density at radius 2 is 1.95 bits per heavy atom. The van der Waals surface area contributed by atoms with Crippen molar-refractivity contribution >= 4 is 15.9 Å². The highest BCUT2D eigenvalue weighted by Crippen LogP contribution is 2.10. The monoisotopic (exact) mass is 302 g/mol. The number of primary amides is 1. The van der Waals surface area contributed by atoms with Crippen LogP contribution in [0.15, 0.2) is 24.3 Å². The number of sulfonamides is 1. The van der Waals surface area contributed by atoms with Gasteiger partial charge in [0.05, 0.1) is 11.7 Å². The largest absolute Gasteiger partial charge is 0.369 e. The lowest BCUT2D eigenvalue weighted by Gasteiger charge is -2.14. The number of rotatable bonds is 8. The third-order valence-electron chi connectivity index (χ3n) is 2.82. The Labute approximate surface area is 118 Å². The van der Waals surface area contributed by atoms with Crippen LogP contribution in [0.1, 0.15) is 18.9 Å². The zero-order valence-corrected chi connectivity index (χ0v) is 12.1. The molecule has 0 spiro atoms. The molecule has 0 fully saturated rings. The van der Waals surface area contributed by atoms with Crippen LogP contribution in [0.2, 0.25) is 0 Å². The molecule has 3 N–H and O–H groups in total. The second-order valence-corrected chi connectivity index (χ2v) is 6.52. The summed E-state index contributed by atoms with van der Waals surface area (Å²) in [4.78, 5) is 11.4. The van der Waals surface area contributed by atoms with E-state index in [0.717, 1.165) is 5.56 Å². The molecule has 0 aliphatic carbocycles. The number of hydrogen-bond donors (Lipinski definition) is 2. The first-order valence-corrected chi connectivity index (χ1v) is 8.00. The van der Waals surface area contributed by atoms with Gasteiger partial charge in [-0.25, -0.2) is 17.5 Å². The number of hydrogen-bond acceptors (Lipinski definition) is 3. The van der Waals surface area contributed by atoms with Crippen molar-refractivity contribution in [2.75, 3.05) is 12.3 Å². The molecule has 0 saturated carbocycles. The van der Waals surface area contributed by atoms with E-state index >= 15 is 0 Å². The molecule has 1 unspecified atom stereocenters. The Balaban J connectivity index is 2.66. The van der Waals surface area contributed by atoms with Crippen molar-refractivity contribution in [3.63, 3.8) is 0 Å². The Kier molecular flexibility index (Phi) is 6.09. The third-order valence-corrected chi connectivity index (χ3v) is 4.37. The van der Waals surface area contributed by atoms with Crippen LogP contribution in [-0.2, 0) is 21.2 Å². The Morgan fingerprint density at radius 1 is 1.35 bits per heavy atom. The summed E-state index contributed by atoms with van der Waals surface area (Å²) in [6, 6.07) is 5.67. The summed E-state index contributed by atoms with van der Waals surface area (Å²) in [6.07, 6.45) is 0.763. The van der Waals surface area contributed by atoms with Crippen molar-refractivity contribution in [2.24, 2.45) is 11.7 Å². The van der Waals surface area contributed by atoms with Crippen molar-refractivity contribution in [1.82, 2.24) is 4.72 Å². The molecule has 0 aromatic heterocycles. The van der Waals surface area contributed by atoms with E-state index in [9.17, 15) is 17.6 Å². The van der Waals surface area contributed by atoms with Gasteiger partial charge in [0, 0.05) is 6.54 Å². The minimum atomic E-state index is -3.38. The molecule has 5 nitrogen and oxygen atoms in total. The summed E-state index contributed by atoms with van der Waals surface area (Å²) in [5, 5.41) is 0. The number of nitrogens with two attached hydrogens (primary N) is 1. The highest BCUT2D eigenvalue weighted by atomic mass is 32.2. The van der Waals surface area contributed by atoms with E-state index in [1.807, 2.05) is 0 Å². The van der Waals surface area contributed by atoms with E-state index in [1.165, 1.54) is 12.1 Å². The number of halogens is 1. The lowest BCUT2D eigenvalue weighted by Crippen LogP contribution is -2.38. The van der Waals surface area contributed by atoms with Crippen LogP contribution in [0.4, 0.5) is 4.39 Å². The molecular weight excluding hydrogens is 283 g/mol. The van der Waals surface area contributed by atoms with Crippen molar-refractivity contribution in [2.45, 2.75) is 19.8 Å². The maximum Gasteiger partial charge on any atom is 0.222 e. The van der Waals surface area contributed by atoms with Gasteiger partial charge in [-0.1, -0.05) is 19.1 Å². The van der Waals surface area contributed by atoms with Gasteiger partial charge in [0.2, 0.25) is 15.9 Å². The van der Waals surface area contributed by atoms with Gasteiger partial charge in [0.15, 0.2) is 0 Å². The maximum absolute atomic E-state index is 12.8. The first-order chi connectivity index (χ1) is 9.34. The number of carbonyl (C=O) groups is 1. The van der Waals surface area contributed by atoms with E-state index in [4.69, 9.17) is 5.73 Å². The molecule has 0 saturated heterocycles. The minimum absolute atomic E-state index is 0.00896. The average Bonchev–Trinajstić information content (AvgIpc) is 2.36. The Hall–Kier alpha value is -1.47. The fourth-order valence-corrected chi connectivity index (χ4v) is 2.88. The van der Waals surface area contributed by atoms with Crippen LogP contribution in [-0.4, -0.2) is 26.6 Å². The van der Waals surface area contributed by atoms with Gasteiger partial charge < -0.3 is 5.73 Å². The van der Waals surface area contributed by atoms with E-state index in [0.29, 0.717) is 6.42 Å². The summed E-state index contributed by atoms with van der Waals surface area (Å²) >= 11 is 0. The maximum atomic E-state index is 12.8. The molecule has 7 heteroatoms. The minimum Gasteiger partial charge on any atom is -0.369 e. The molecule has 1 amide bonds. The summed E-state index contributed by atoms with van der Waals surface area (Å²) in [6.45, 7) is 1.71. The molecule has 1 aromatic rings. The summed E-state index contributed by atoms with van der Waals surface area (Å²) < 4.78 is 38.2. The molecule has 0 bridgehead atoms. The molecule has 1 aromatic carbocycles. The lowest BCUT2D eigenvalue weighted by molar-refractivity contribution is -0.121. The second-order valence-electron chi connectivity index (χ2n) is 4.60. The Morgan fingerprint density at radius 3 is 2.45 bits per heavy atom. The van der Waals surface area contributed by atoms with Crippen molar-refractivity contribution in [1.29, 1.82) is 0 Å². The topological polar surface area (TPSA) is 89.3 Å². The molecule has 112 valence electrons. The van der Waals surface area contributed by atoms with Gasteiger partial charge in [-0.2, -0.15) is 0 Å². The van der Waals surface area contributed by atoms with Crippen molar-refractivity contribution in [3.8, 4) is 0 Å². The van der Waals surface area contributed by atoms with E-state index in [1.54, 1.807) is 19.1 Å². The van der Waals surface area contributed by atoms with Gasteiger partial charge in [-0.05, 0) is 30.5 Å². The van der Waals surface area contributed by atoms with Crippen LogP contribution >= 0.6 is 0 Å². The van der Waals surface area contributed by atoms with Gasteiger partial charge in [0.1, 0.15) is 5.82 Å². The fourth-order valence-electron chi connectivity index (χ4n) is 1.75. The van der Waals surface area contributed by atoms with Crippen LogP contribution in [0.5, 0.6) is 0 Å². The second kappa shape index (κ2) is 7.35. The van der Waals surface area contributed by atoms with Crippen LogP contribution in [0, 0.1) is 11.7 Å². The summed E-state index contributed by atoms with van der Waals surface area (Å²) in [5.41, 5.74) is 6.00.